The number of amides is 2. The SMILES string of the molecule is CN(C)CCc1cc(C(F)(F)F)cc2c1=NC(=O)N=2. The van der Waals surface area contributed by atoms with Gasteiger partial charge in [0.1, 0.15) is 0 Å². The maximum atomic E-state index is 12.8. The molecule has 1 aromatic carbocycles. The first-order valence-corrected chi connectivity index (χ1v) is 5.63. The van der Waals surface area contributed by atoms with Gasteiger partial charge in [0.05, 0.1) is 16.3 Å². The highest BCUT2D eigenvalue weighted by molar-refractivity contribution is 5.77. The third-order valence-electron chi connectivity index (χ3n) is 2.75. The summed E-state index contributed by atoms with van der Waals surface area (Å²) in [5.41, 5.74) is -0.401. The van der Waals surface area contributed by atoms with Gasteiger partial charge in [-0.15, -0.1) is 0 Å². The van der Waals surface area contributed by atoms with Crippen molar-refractivity contribution >= 4 is 6.03 Å². The van der Waals surface area contributed by atoms with Gasteiger partial charge in [-0.25, -0.2) is 4.79 Å². The fourth-order valence-corrected chi connectivity index (χ4v) is 1.81. The normalized spacial score (nSPS) is 14.3. The van der Waals surface area contributed by atoms with Crippen molar-refractivity contribution in [1.29, 1.82) is 0 Å². The number of carbonyl (C=O) groups excluding carboxylic acids is 1. The Kier molecular flexibility index (Phi) is 3.40. The van der Waals surface area contributed by atoms with Crippen LogP contribution in [0.2, 0.25) is 0 Å². The minimum Gasteiger partial charge on any atom is -0.309 e. The van der Waals surface area contributed by atoms with Crippen LogP contribution in [-0.4, -0.2) is 31.6 Å². The van der Waals surface area contributed by atoms with E-state index >= 15 is 0 Å². The predicted molar refractivity (Wildman–Crippen MR) is 61.4 cm³/mol. The summed E-state index contributed by atoms with van der Waals surface area (Å²) >= 11 is 0. The molecule has 0 aliphatic carbocycles. The van der Waals surface area contributed by atoms with Crippen molar-refractivity contribution in [3.8, 4) is 0 Å². The van der Waals surface area contributed by atoms with Crippen LogP contribution < -0.4 is 10.7 Å². The highest BCUT2D eigenvalue weighted by Crippen LogP contribution is 2.28. The van der Waals surface area contributed by atoms with Gasteiger partial charge in [-0.1, -0.05) is 0 Å². The number of nitrogens with zero attached hydrogens (tertiary/aromatic N) is 3. The third kappa shape index (κ3) is 2.98. The fraction of sp³-hybridized carbons (Fsp3) is 0.417. The van der Waals surface area contributed by atoms with Gasteiger partial charge >= 0.3 is 12.2 Å². The molecule has 1 aromatic rings. The molecule has 4 nitrogen and oxygen atoms in total. The zero-order chi connectivity index (χ0) is 14.2. The molecule has 0 radical (unpaired) electrons. The molecule has 0 unspecified atom stereocenters. The van der Waals surface area contributed by atoms with Crippen molar-refractivity contribution in [2.45, 2.75) is 12.6 Å². The number of hydrogen-bond acceptors (Lipinski definition) is 2. The van der Waals surface area contributed by atoms with Crippen molar-refractivity contribution < 1.29 is 18.0 Å². The Morgan fingerprint density at radius 3 is 2.47 bits per heavy atom. The van der Waals surface area contributed by atoms with Crippen molar-refractivity contribution in [2.75, 3.05) is 20.6 Å². The van der Waals surface area contributed by atoms with Crippen LogP contribution in [0.15, 0.2) is 22.1 Å². The molecule has 0 saturated carbocycles. The predicted octanol–water partition coefficient (Wildman–Crippen LogP) is 1.18. The summed E-state index contributed by atoms with van der Waals surface area (Å²) in [7, 11) is 3.64. The highest BCUT2D eigenvalue weighted by atomic mass is 19.4. The number of likely N-dealkylation sites (N-methyl/N-ethyl adjacent to an activating group) is 1. The van der Waals surface area contributed by atoms with E-state index in [0.717, 1.165) is 12.1 Å². The van der Waals surface area contributed by atoms with E-state index in [1.807, 2.05) is 19.0 Å². The number of hydrogen-bond donors (Lipinski definition) is 0. The van der Waals surface area contributed by atoms with Crippen LogP contribution in [0.5, 0.6) is 0 Å². The van der Waals surface area contributed by atoms with Crippen molar-refractivity contribution in [3.63, 3.8) is 0 Å². The van der Waals surface area contributed by atoms with Crippen LogP contribution in [0.3, 0.4) is 0 Å². The van der Waals surface area contributed by atoms with E-state index in [0.29, 0.717) is 18.5 Å². The van der Waals surface area contributed by atoms with Gasteiger partial charge in [-0.3, -0.25) is 0 Å². The van der Waals surface area contributed by atoms with Crippen molar-refractivity contribution in [2.24, 2.45) is 9.98 Å². The quantitative estimate of drug-likeness (QED) is 0.828. The van der Waals surface area contributed by atoms with Crippen LogP contribution in [0.1, 0.15) is 11.1 Å². The molecule has 0 bridgehead atoms. The van der Waals surface area contributed by atoms with Crippen molar-refractivity contribution in [1.82, 2.24) is 4.90 Å². The summed E-state index contributed by atoms with van der Waals surface area (Å²) in [6.07, 6.45) is -4.07. The first-order chi connectivity index (χ1) is 8.77. The van der Waals surface area contributed by atoms with E-state index in [-0.39, 0.29) is 10.7 Å². The first-order valence-electron chi connectivity index (χ1n) is 5.63. The molecule has 0 aromatic heterocycles. The standard InChI is InChI=1S/C12H12F3N3O/c1-18(2)4-3-7-5-8(12(13,14)15)6-9-10(7)17-11(19)16-9/h5-6H,3-4H2,1-2H3. The van der Waals surface area contributed by atoms with Gasteiger partial charge in [0.25, 0.3) is 0 Å². The number of carbonyl (C=O) groups is 1. The van der Waals surface area contributed by atoms with Crippen LogP contribution in [0, 0.1) is 0 Å². The molecule has 0 atom stereocenters. The summed E-state index contributed by atoms with van der Waals surface area (Å²) < 4.78 is 38.3. The summed E-state index contributed by atoms with van der Waals surface area (Å²) in [5, 5.41) is 0.272. The van der Waals surface area contributed by atoms with E-state index in [4.69, 9.17) is 0 Å². The molecule has 0 spiro atoms. The van der Waals surface area contributed by atoms with Crippen LogP contribution in [0.4, 0.5) is 18.0 Å². The maximum Gasteiger partial charge on any atom is 0.416 e. The first kappa shape index (κ1) is 13.7. The van der Waals surface area contributed by atoms with E-state index in [1.54, 1.807) is 0 Å². The Hall–Kier alpha value is -1.76. The second kappa shape index (κ2) is 4.73. The minimum absolute atomic E-state index is 0.00795. The molecular weight excluding hydrogens is 259 g/mol. The molecule has 7 heteroatoms. The summed E-state index contributed by atoms with van der Waals surface area (Å²) in [6.45, 7) is 0.567. The summed E-state index contributed by atoms with van der Waals surface area (Å²) in [5.74, 6) is 0. The Balaban J connectivity index is 2.54. The third-order valence-corrected chi connectivity index (χ3v) is 2.75. The van der Waals surface area contributed by atoms with Gasteiger partial charge in [0.15, 0.2) is 0 Å². The number of fused-ring (bicyclic) bond motifs is 1. The molecule has 2 rings (SSSR count). The van der Waals surface area contributed by atoms with E-state index in [2.05, 4.69) is 9.98 Å². The number of rotatable bonds is 3. The molecule has 1 heterocycles. The number of urea groups is 1. The van der Waals surface area contributed by atoms with Crippen LogP contribution >= 0.6 is 0 Å². The molecule has 0 saturated heterocycles. The lowest BCUT2D eigenvalue weighted by Crippen LogP contribution is -2.30. The average Bonchev–Trinajstić information content (AvgIpc) is 2.64. The monoisotopic (exact) mass is 271 g/mol. The maximum absolute atomic E-state index is 12.8. The summed E-state index contributed by atoms with van der Waals surface area (Å²) in [4.78, 5) is 20.1. The number of benzene rings is 1. The molecule has 1 aliphatic heterocycles. The van der Waals surface area contributed by atoms with Gasteiger partial charge in [0, 0.05) is 6.54 Å². The average molecular weight is 271 g/mol. The summed E-state index contributed by atoms with van der Waals surface area (Å²) in [6, 6.07) is 1.16. The Morgan fingerprint density at radius 2 is 1.89 bits per heavy atom. The molecule has 1 aliphatic rings. The van der Waals surface area contributed by atoms with E-state index < -0.39 is 17.8 Å². The number of alkyl halides is 3. The second-order valence-electron chi connectivity index (χ2n) is 4.56. The topological polar surface area (TPSA) is 45.0 Å². The molecule has 2 amide bonds. The Morgan fingerprint density at radius 1 is 1.21 bits per heavy atom. The second-order valence-corrected chi connectivity index (χ2v) is 4.56. The van der Waals surface area contributed by atoms with Crippen LogP contribution in [-0.2, 0) is 12.6 Å². The van der Waals surface area contributed by atoms with Gasteiger partial charge in [-0.2, -0.15) is 23.2 Å². The number of halogens is 3. The highest BCUT2D eigenvalue weighted by Gasteiger charge is 2.31. The van der Waals surface area contributed by atoms with E-state index in [1.165, 1.54) is 0 Å². The van der Waals surface area contributed by atoms with E-state index in [9.17, 15) is 18.0 Å². The Labute approximate surface area is 107 Å². The smallest absolute Gasteiger partial charge is 0.309 e. The minimum atomic E-state index is -4.46. The lowest BCUT2D eigenvalue weighted by Gasteiger charge is -2.11. The zero-order valence-corrected chi connectivity index (χ0v) is 10.5. The van der Waals surface area contributed by atoms with Crippen LogP contribution in [0.25, 0.3) is 0 Å². The molecule has 102 valence electrons. The molecular formula is C12H12F3N3O. The largest absolute Gasteiger partial charge is 0.416 e. The van der Waals surface area contributed by atoms with Gasteiger partial charge in [0.2, 0.25) is 0 Å². The molecule has 0 fully saturated rings. The fourth-order valence-electron chi connectivity index (χ4n) is 1.81. The lowest BCUT2D eigenvalue weighted by atomic mass is 10.1. The van der Waals surface area contributed by atoms with Gasteiger partial charge < -0.3 is 4.90 Å². The zero-order valence-electron chi connectivity index (χ0n) is 10.5. The molecule has 19 heavy (non-hydrogen) atoms. The lowest BCUT2D eigenvalue weighted by molar-refractivity contribution is -0.137. The molecule has 0 N–H and O–H groups in total. The van der Waals surface area contributed by atoms with Gasteiger partial charge in [-0.05, 0) is 38.2 Å². The van der Waals surface area contributed by atoms with Crippen molar-refractivity contribution in [3.05, 3.63) is 34.0 Å². The Bertz CT molecular complexity index is 635.